The van der Waals surface area contributed by atoms with Gasteiger partial charge < -0.3 is 40.2 Å². The van der Waals surface area contributed by atoms with E-state index in [2.05, 4.69) is 16.1 Å². The Balaban J connectivity index is 1.20. The van der Waals surface area contributed by atoms with Gasteiger partial charge in [0.15, 0.2) is 0 Å². The molecule has 0 aromatic heterocycles. The van der Waals surface area contributed by atoms with E-state index in [1.807, 2.05) is 0 Å². The van der Waals surface area contributed by atoms with Crippen LogP contribution in [-0.2, 0) is 41.9 Å². The van der Waals surface area contributed by atoms with Gasteiger partial charge in [-0.1, -0.05) is 36.0 Å². The number of hydrogen-bond acceptors (Lipinski definition) is 14. The highest BCUT2D eigenvalue weighted by Gasteiger charge is 2.67. The van der Waals surface area contributed by atoms with Crippen LogP contribution in [0.25, 0.3) is 0 Å². The van der Waals surface area contributed by atoms with Crippen molar-refractivity contribution in [2.45, 2.75) is 42.5 Å². The number of alkyl carbamates (subject to hydrolysis) is 1. The fraction of sp³-hybridized carbons (Fsp3) is 0.306. The molecule has 0 radical (unpaired) electrons. The molecule has 0 bridgehead atoms. The average Bonchev–Trinajstić information content (AvgIpc) is 3.75. The lowest BCUT2D eigenvalue weighted by Gasteiger charge is -2.41. The van der Waals surface area contributed by atoms with Crippen LogP contribution in [0.4, 0.5) is 20.1 Å². The predicted octanol–water partition coefficient (Wildman–Crippen LogP) is 1.66. The summed E-state index contributed by atoms with van der Waals surface area (Å²) in [6.07, 6.45) is -0.978. The predicted molar refractivity (Wildman–Crippen MR) is 199 cm³/mol. The molecule has 3 aliphatic heterocycles. The van der Waals surface area contributed by atoms with Gasteiger partial charge in [-0.25, -0.2) is 29.6 Å². The lowest BCUT2D eigenvalue weighted by molar-refractivity contribution is -0.384. The molecule has 3 saturated heterocycles. The number of β-lactam (4-membered cyclic amide) rings is 1. The first-order valence-corrected chi connectivity index (χ1v) is 18.3. The van der Waals surface area contributed by atoms with E-state index in [-0.39, 0.29) is 49.8 Å². The molecule has 5 N–H and O–H groups in total. The first-order valence-electron chi connectivity index (χ1n) is 17.4. The third kappa shape index (κ3) is 8.65. The fourth-order valence-electron chi connectivity index (χ4n) is 6.34. The number of carbonyl (C=O) groups is 7. The Morgan fingerprint density at radius 3 is 2.16 bits per heavy atom. The van der Waals surface area contributed by atoms with E-state index in [0.29, 0.717) is 16.9 Å². The van der Waals surface area contributed by atoms with Crippen LogP contribution >= 0.6 is 11.8 Å². The van der Waals surface area contributed by atoms with Gasteiger partial charge in [0.05, 0.1) is 25.1 Å². The average molecular weight is 821 g/mol. The summed E-state index contributed by atoms with van der Waals surface area (Å²) in [5, 5.41) is 16.2. The van der Waals surface area contributed by atoms with E-state index in [1.165, 1.54) is 67.5 Å². The number of rotatable bonds is 14. The third-order valence-corrected chi connectivity index (χ3v) is 10.9. The SMILES string of the molecule is COc1ccc(COC(=O)NC(C(=O)N[C@@H]2C(=O)N3C[C@@](C(=O)OCc4ccc([N+](=O)[O-])cc4)(N4CCN(NC(N)=O)C4=O)S[C@H]23)c2ccc(OC(C)=O)cc2)cc1. The molecule has 0 aliphatic carbocycles. The number of methoxy groups -OCH3 is 1. The monoisotopic (exact) mass is 820 g/mol. The summed E-state index contributed by atoms with van der Waals surface area (Å²) < 4.78 is 21.2. The van der Waals surface area contributed by atoms with Crippen molar-refractivity contribution in [1.82, 2.24) is 30.9 Å². The van der Waals surface area contributed by atoms with Crippen LogP contribution in [0, 0.1) is 10.1 Å². The van der Waals surface area contributed by atoms with Gasteiger partial charge in [0.2, 0.25) is 16.7 Å². The summed E-state index contributed by atoms with van der Waals surface area (Å²) in [4.78, 5) is 102. The van der Waals surface area contributed by atoms with Crippen LogP contribution in [0.5, 0.6) is 11.5 Å². The van der Waals surface area contributed by atoms with Crippen LogP contribution in [-0.4, -0.2) is 105 Å². The lowest BCUT2D eigenvalue weighted by atomic mass is 10.0. The van der Waals surface area contributed by atoms with Crippen LogP contribution in [0.1, 0.15) is 29.7 Å². The minimum Gasteiger partial charge on any atom is -0.497 e. The molecule has 4 atom stereocenters. The van der Waals surface area contributed by atoms with Gasteiger partial charge >= 0.3 is 30.1 Å². The second kappa shape index (κ2) is 17.0. The number of non-ortho nitro benzene ring substituents is 1. The van der Waals surface area contributed by atoms with Crippen LogP contribution in [0.2, 0.25) is 0 Å². The van der Waals surface area contributed by atoms with Crippen molar-refractivity contribution in [2.75, 3.05) is 26.7 Å². The van der Waals surface area contributed by atoms with Crippen LogP contribution in [0.15, 0.2) is 72.8 Å². The molecule has 0 spiro atoms. The molecule has 21 nitrogen and oxygen atoms in total. The van der Waals surface area contributed by atoms with Gasteiger partial charge in [-0.05, 0) is 53.1 Å². The number of hydrogen-bond donors (Lipinski definition) is 4. The third-order valence-electron chi connectivity index (χ3n) is 9.19. The number of nitrogens with one attached hydrogen (secondary N) is 3. The second-order valence-corrected chi connectivity index (χ2v) is 14.4. The van der Waals surface area contributed by atoms with Crippen molar-refractivity contribution in [3.05, 3.63) is 99.6 Å². The number of nitrogens with two attached hydrogens (primary N) is 1. The van der Waals surface area contributed by atoms with E-state index >= 15 is 0 Å². The van der Waals surface area contributed by atoms with Crippen molar-refractivity contribution in [1.29, 1.82) is 0 Å². The summed E-state index contributed by atoms with van der Waals surface area (Å²) in [5.41, 5.74) is 8.49. The molecule has 3 aromatic carbocycles. The number of nitro groups is 1. The quantitative estimate of drug-likeness (QED) is 0.0592. The molecule has 0 saturated carbocycles. The van der Waals surface area contributed by atoms with Crippen molar-refractivity contribution in [3.63, 3.8) is 0 Å². The van der Waals surface area contributed by atoms with Crippen molar-refractivity contribution >= 4 is 59.4 Å². The van der Waals surface area contributed by atoms with E-state index in [0.717, 1.165) is 21.7 Å². The van der Waals surface area contributed by atoms with Crippen LogP contribution < -0.4 is 31.3 Å². The molecule has 3 aliphatic rings. The minimum atomic E-state index is -1.87. The standard InChI is InChI=1S/C36H36N8O13S/c1-20(45)57-26-13-7-23(8-14-26)27(39-34(50)56-18-22-5-11-25(54-2)12-6-22)29(46)38-28-30(47)41-19-36(58-31(28)41,42-15-16-43(35(42)51)40-33(37)49)32(48)55-17-21-3-9-24(10-4-21)44(52)53/h3-14,27-28,31H,15-19H2,1-2H3,(H,38,46)(H,39,50)(H3,37,40,49)/t27?,28-,31-,36-/m1/s1. The summed E-state index contributed by atoms with van der Waals surface area (Å²) in [7, 11) is 1.51. The lowest BCUT2D eigenvalue weighted by Crippen LogP contribution is -2.68. The van der Waals surface area contributed by atoms with Gasteiger partial charge in [0.25, 0.3) is 5.69 Å². The molecule has 6 rings (SSSR count). The zero-order chi connectivity index (χ0) is 41.7. The summed E-state index contributed by atoms with van der Waals surface area (Å²) >= 11 is 0.862. The molecular formula is C36H36N8O13S. The Morgan fingerprint density at radius 2 is 1.55 bits per heavy atom. The molecule has 58 heavy (non-hydrogen) atoms. The highest BCUT2D eigenvalue weighted by Crippen LogP contribution is 2.50. The topological polar surface area (TPSA) is 271 Å². The second-order valence-electron chi connectivity index (χ2n) is 13.0. The number of thioether (sulfide) groups is 1. The Kier molecular flexibility index (Phi) is 11.9. The van der Waals surface area contributed by atoms with E-state index < -0.39 is 69.2 Å². The number of fused-ring (bicyclic) bond motifs is 1. The Labute approximate surface area is 333 Å². The zero-order valence-corrected chi connectivity index (χ0v) is 31.6. The largest absolute Gasteiger partial charge is 0.497 e. The fourth-order valence-corrected chi connectivity index (χ4v) is 8.03. The van der Waals surface area contributed by atoms with E-state index in [4.69, 9.17) is 24.7 Å². The summed E-state index contributed by atoms with van der Waals surface area (Å²) in [6.45, 7) is 0.177. The normalized spacial score (nSPS) is 19.9. The first kappa shape index (κ1) is 40.6. The molecule has 7 amide bonds. The molecule has 3 aromatic rings. The molecule has 1 unspecified atom stereocenters. The highest BCUT2D eigenvalue weighted by atomic mass is 32.2. The number of hydrazine groups is 1. The Bertz CT molecular complexity index is 2120. The number of amides is 7. The number of carbonyl (C=O) groups excluding carboxylic acids is 7. The molecule has 3 fully saturated rings. The highest BCUT2D eigenvalue weighted by molar-refractivity contribution is 8.02. The number of benzene rings is 3. The number of urea groups is 2. The zero-order valence-electron chi connectivity index (χ0n) is 30.8. The molecule has 304 valence electrons. The van der Waals surface area contributed by atoms with Gasteiger partial charge in [0.1, 0.15) is 42.2 Å². The molecule has 22 heteroatoms. The number of ether oxygens (including phenoxy) is 4. The number of esters is 2. The van der Waals surface area contributed by atoms with Gasteiger partial charge in [-0.15, -0.1) is 0 Å². The number of primary amides is 1. The molecule has 3 heterocycles. The maximum absolute atomic E-state index is 14.0. The minimum absolute atomic E-state index is 0.0728. The first-order chi connectivity index (χ1) is 27.7. The van der Waals surface area contributed by atoms with Crippen LogP contribution in [0.3, 0.4) is 0 Å². The summed E-state index contributed by atoms with van der Waals surface area (Å²) in [5.74, 6) is -2.21. The van der Waals surface area contributed by atoms with Crippen molar-refractivity contribution in [2.24, 2.45) is 5.73 Å². The maximum Gasteiger partial charge on any atom is 0.408 e. The smallest absolute Gasteiger partial charge is 0.408 e. The summed E-state index contributed by atoms with van der Waals surface area (Å²) in [6, 6.07) is 13.1. The number of nitro benzene ring substituents is 1. The Hall–Kier alpha value is -7.10. The Morgan fingerprint density at radius 1 is 0.931 bits per heavy atom. The van der Waals surface area contributed by atoms with Gasteiger partial charge in [0, 0.05) is 25.6 Å². The van der Waals surface area contributed by atoms with E-state index in [1.54, 1.807) is 24.3 Å². The van der Waals surface area contributed by atoms with Gasteiger partial charge in [-0.2, -0.15) is 0 Å². The maximum atomic E-state index is 14.0. The van der Waals surface area contributed by atoms with Crippen molar-refractivity contribution < 1.29 is 57.4 Å². The van der Waals surface area contributed by atoms with Gasteiger partial charge in [-0.3, -0.25) is 29.4 Å². The molecular weight excluding hydrogens is 785 g/mol. The van der Waals surface area contributed by atoms with E-state index in [9.17, 15) is 43.7 Å². The van der Waals surface area contributed by atoms with Crippen molar-refractivity contribution in [3.8, 4) is 11.5 Å². The number of nitrogens with zero attached hydrogens (tertiary/aromatic N) is 4.